The lowest BCUT2D eigenvalue weighted by Gasteiger charge is -2.02. The van der Waals surface area contributed by atoms with Crippen molar-refractivity contribution >= 4 is 5.91 Å². The summed E-state index contributed by atoms with van der Waals surface area (Å²) in [6.45, 7) is 2.71. The van der Waals surface area contributed by atoms with E-state index in [2.05, 4.69) is 17.3 Å². The molecule has 1 heterocycles. The summed E-state index contributed by atoms with van der Waals surface area (Å²) in [5.74, 6) is 0.643. The second kappa shape index (κ2) is 5.55. The van der Waals surface area contributed by atoms with Crippen molar-refractivity contribution in [3.8, 4) is 11.5 Å². The molecule has 1 aromatic carbocycles. The minimum atomic E-state index is -0.621. The standard InChI is InChI=1S/C15H17N3O3/c1-10-7-12(10)8-16-13(19)9-18-15(20)21-14(17-18)11-5-3-2-4-6-11/h2-6,10,12H,7-9H2,1H3,(H,16,19)/t10-,12-/m0/s1. The van der Waals surface area contributed by atoms with Crippen molar-refractivity contribution in [2.75, 3.05) is 6.54 Å². The molecule has 0 saturated heterocycles. The summed E-state index contributed by atoms with van der Waals surface area (Å²) in [4.78, 5) is 23.5. The predicted octanol–water partition coefficient (Wildman–Crippen LogP) is 1.28. The Balaban J connectivity index is 1.64. The van der Waals surface area contributed by atoms with E-state index in [0.717, 1.165) is 11.1 Å². The van der Waals surface area contributed by atoms with Gasteiger partial charge in [0.25, 0.3) is 0 Å². The van der Waals surface area contributed by atoms with Crippen LogP contribution in [0.3, 0.4) is 0 Å². The van der Waals surface area contributed by atoms with Gasteiger partial charge in [0.1, 0.15) is 6.54 Å². The van der Waals surface area contributed by atoms with Gasteiger partial charge in [0.05, 0.1) is 0 Å². The zero-order valence-electron chi connectivity index (χ0n) is 11.8. The first kappa shape index (κ1) is 13.6. The average molecular weight is 287 g/mol. The van der Waals surface area contributed by atoms with E-state index in [0.29, 0.717) is 23.9 Å². The molecule has 110 valence electrons. The number of hydrogen-bond donors (Lipinski definition) is 1. The van der Waals surface area contributed by atoms with Gasteiger partial charge in [0, 0.05) is 12.1 Å². The van der Waals surface area contributed by atoms with Gasteiger partial charge in [-0.25, -0.2) is 4.79 Å². The molecule has 1 N–H and O–H groups in total. The Bertz CT molecular complexity index is 690. The molecule has 3 rings (SSSR count). The van der Waals surface area contributed by atoms with Gasteiger partial charge in [-0.2, -0.15) is 4.68 Å². The van der Waals surface area contributed by atoms with Crippen LogP contribution in [-0.2, 0) is 11.3 Å². The van der Waals surface area contributed by atoms with Crippen molar-refractivity contribution in [3.05, 3.63) is 40.9 Å². The molecule has 1 saturated carbocycles. The lowest BCUT2D eigenvalue weighted by Crippen LogP contribution is -2.32. The molecular weight excluding hydrogens is 270 g/mol. The van der Waals surface area contributed by atoms with Crippen LogP contribution < -0.4 is 11.1 Å². The number of rotatable bonds is 5. The van der Waals surface area contributed by atoms with E-state index in [1.54, 1.807) is 12.1 Å². The van der Waals surface area contributed by atoms with Crippen LogP contribution in [0.15, 0.2) is 39.5 Å². The van der Waals surface area contributed by atoms with Crippen LogP contribution in [0.4, 0.5) is 0 Å². The van der Waals surface area contributed by atoms with Gasteiger partial charge >= 0.3 is 5.76 Å². The first-order valence-electron chi connectivity index (χ1n) is 7.03. The van der Waals surface area contributed by atoms with E-state index in [-0.39, 0.29) is 18.3 Å². The normalized spacial score (nSPS) is 20.2. The number of amides is 1. The molecule has 6 nitrogen and oxygen atoms in total. The third-order valence-electron chi connectivity index (χ3n) is 3.76. The lowest BCUT2D eigenvalue weighted by atomic mass is 10.2. The fourth-order valence-electron chi connectivity index (χ4n) is 2.22. The summed E-state index contributed by atoms with van der Waals surface area (Å²) in [5.41, 5.74) is 0.709. The summed E-state index contributed by atoms with van der Waals surface area (Å²) in [6, 6.07) is 9.12. The third kappa shape index (κ3) is 3.21. The molecule has 1 fully saturated rings. The van der Waals surface area contributed by atoms with Gasteiger partial charge in [-0.3, -0.25) is 4.79 Å². The van der Waals surface area contributed by atoms with Crippen molar-refractivity contribution < 1.29 is 9.21 Å². The molecule has 6 heteroatoms. The minimum Gasteiger partial charge on any atom is -0.388 e. The monoisotopic (exact) mass is 287 g/mol. The van der Waals surface area contributed by atoms with Crippen molar-refractivity contribution in [1.29, 1.82) is 0 Å². The molecule has 0 bridgehead atoms. The first-order valence-corrected chi connectivity index (χ1v) is 7.03. The topological polar surface area (TPSA) is 77.1 Å². The van der Waals surface area contributed by atoms with E-state index in [4.69, 9.17) is 4.42 Å². The molecule has 2 aromatic rings. The molecule has 1 aromatic heterocycles. The van der Waals surface area contributed by atoms with Gasteiger partial charge in [-0.1, -0.05) is 25.1 Å². The number of aromatic nitrogens is 2. The second-order valence-corrected chi connectivity index (χ2v) is 5.47. The Morgan fingerprint density at radius 1 is 1.43 bits per heavy atom. The number of benzene rings is 1. The zero-order valence-corrected chi connectivity index (χ0v) is 11.8. The summed E-state index contributed by atoms with van der Waals surface area (Å²) >= 11 is 0. The summed E-state index contributed by atoms with van der Waals surface area (Å²) < 4.78 is 6.12. The van der Waals surface area contributed by atoms with Crippen LogP contribution >= 0.6 is 0 Å². The van der Waals surface area contributed by atoms with E-state index in [1.165, 1.54) is 0 Å². The smallest absolute Gasteiger partial charge is 0.388 e. The highest BCUT2D eigenvalue weighted by atomic mass is 16.4. The van der Waals surface area contributed by atoms with Crippen LogP contribution in [-0.4, -0.2) is 22.2 Å². The Hall–Kier alpha value is -2.37. The summed E-state index contributed by atoms with van der Waals surface area (Å²) in [5, 5.41) is 6.87. The Morgan fingerprint density at radius 3 is 2.81 bits per heavy atom. The Labute approximate surface area is 121 Å². The van der Waals surface area contributed by atoms with Crippen molar-refractivity contribution in [2.24, 2.45) is 11.8 Å². The summed E-state index contributed by atoms with van der Waals surface area (Å²) in [6.07, 6.45) is 1.16. The molecule has 1 aliphatic rings. The van der Waals surface area contributed by atoms with Crippen molar-refractivity contribution in [1.82, 2.24) is 15.1 Å². The van der Waals surface area contributed by atoms with E-state index in [9.17, 15) is 9.59 Å². The minimum absolute atomic E-state index is 0.115. The predicted molar refractivity (Wildman–Crippen MR) is 76.5 cm³/mol. The SMILES string of the molecule is C[C@H]1C[C@H]1CNC(=O)Cn1nc(-c2ccccc2)oc1=O. The molecule has 0 spiro atoms. The van der Waals surface area contributed by atoms with Gasteiger partial charge < -0.3 is 9.73 Å². The largest absolute Gasteiger partial charge is 0.437 e. The quantitative estimate of drug-likeness (QED) is 0.898. The van der Waals surface area contributed by atoms with E-state index < -0.39 is 5.76 Å². The van der Waals surface area contributed by atoms with Crippen LogP contribution in [0.2, 0.25) is 0 Å². The zero-order chi connectivity index (χ0) is 14.8. The highest BCUT2D eigenvalue weighted by Gasteiger charge is 2.32. The second-order valence-electron chi connectivity index (χ2n) is 5.47. The van der Waals surface area contributed by atoms with Gasteiger partial charge in [0.15, 0.2) is 0 Å². The Morgan fingerprint density at radius 2 is 2.14 bits per heavy atom. The molecule has 1 aliphatic carbocycles. The lowest BCUT2D eigenvalue weighted by molar-refractivity contribution is -0.122. The molecule has 21 heavy (non-hydrogen) atoms. The van der Waals surface area contributed by atoms with Gasteiger partial charge in [-0.15, -0.1) is 5.10 Å². The molecule has 0 radical (unpaired) electrons. The maximum atomic E-state index is 11.8. The van der Waals surface area contributed by atoms with Crippen LogP contribution in [0, 0.1) is 11.8 Å². The highest BCUT2D eigenvalue weighted by molar-refractivity contribution is 5.75. The maximum absolute atomic E-state index is 11.8. The fourth-order valence-corrected chi connectivity index (χ4v) is 2.22. The highest BCUT2D eigenvalue weighted by Crippen LogP contribution is 2.36. The van der Waals surface area contributed by atoms with E-state index >= 15 is 0 Å². The number of nitrogens with one attached hydrogen (secondary N) is 1. The molecule has 1 amide bonds. The first-order chi connectivity index (χ1) is 10.1. The number of carbonyl (C=O) groups excluding carboxylic acids is 1. The van der Waals surface area contributed by atoms with E-state index in [1.807, 2.05) is 18.2 Å². The van der Waals surface area contributed by atoms with Crippen molar-refractivity contribution in [3.63, 3.8) is 0 Å². The number of nitrogens with zero attached hydrogens (tertiary/aromatic N) is 2. The average Bonchev–Trinajstić information content (AvgIpc) is 3.08. The van der Waals surface area contributed by atoms with Gasteiger partial charge in [0.2, 0.25) is 11.8 Å². The molecular formula is C15H17N3O3. The van der Waals surface area contributed by atoms with Gasteiger partial charge in [-0.05, 0) is 30.4 Å². The Kier molecular flexibility index (Phi) is 3.60. The molecule has 0 aliphatic heterocycles. The third-order valence-corrected chi connectivity index (χ3v) is 3.76. The fraction of sp³-hybridized carbons (Fsp3) is 0.400. The molecule has 0 unspecified atom stereocenters. The van der Waals surface area contributed by atoms with Crippen molar-refractivity contribution in [2.45, 2.75) is 19.9 Å². The maximum Gasteiger partial charge on any atom is 0.437 e. The summed E-state index contributed by atoms with van der Waals surface area (Å²) in [7, 11) is 0. The van der Waals surface area contributed by atoms with Crippen LogP contribution in [0.5, 0.6) is 0 Å². The number of carbonyl (C=O) groups is 1. The van der Waals surface area contributed by atoms with Crippen LogP contribution in [0.25, 0.3) is 11.5 Å². The van der Waals surface area contributed by atoms with Crippen LogP contribution in [0.1, 0.15) is 13.3 Å². The number of hydrogen-bond acceptors (Lipinski definition) is 4. The molecule has 2 atom stereocenters.